The number of hydrogen-bond donors (Lipinski definition) is 0. The molecule has 0 bridgehead atoms. The van der Waals surface area contributed by atoms with E-state index < -0.39 is 0 Å². The molecule has 0 spiro atoms. The molecule has 0 aromatic heterocycles. The minimum Gasteiger partial charge on any atom is -0.302 e. The van der Waals surface area contributed by atoms with Crippen LogP contribution in [0, 0.1) is 28.6 Å². The molecule has 18 heavy (non-hydrogen) atoms. The molecule has 0 N–H and O–H groups in total. The maximum Gasteiger partial charge on any atom is 0.0672 e. The Hall–Kier alpha value is -0.550. The summed E-state index contributed by atoms with van der Waals surface area (Å²) >= 11 is 0. The smallest absolute Gasteiger partial charge is 0.0672 e. The van der Waals surface area contributed by atoms with Gasteiger partial charge in [0.05, 0.1) is 12.0 Å². The Morgan fingerprint density at radius 3 is 2.44 bits per heavy atom. The standard InChI is InChI=1S/C16H30N2/c1-6-10-18(5)15-11-14(16(3,4)7-2)9-8-13(15)12-17/h13-15H,6-11H2,1-5H3. The summed E-state index contributed by atoms with van der Waals surface area (Å²) < 4.78 is 0. The molecule has 0 aromatic carbocycles. The van der Waals surface area contributed by atoms with Gasteiger partial charge in [-0.3, -0.25) is 0 Å². The van der Waals surface area contributed by atoms with E-state index in [-0.39, 0.29) is 5.92 Å². The average Bonchev–Trinajstić information content (AvgIpc) is 2.38. The molecule has 3 unspecified atom stereocenters. The van der Waals surface area contributed by atoms with Gasteiger partial charge in [-0.25, -0.2) is 0 Å². The molecule has 0 aromatic rings. The van der Waals surface area contributed by atoms with Crippen LogP contribution in [0.4, 0.5) is 0 Å². The second-order valence-corrected chi connectivity index (χ2v) is 6.64. The first kappa shape index (κ1) is 15.5. The fourth-order valence-corrected chi connectivity index (χ4v) is 3.30. The average molecular weight is 250 g/mol. The van der Waals surface area contributed by atoms with E-state index in [9.17, 15) is 5.26 Å². The topological polar surface area (TPSA) is 27.0 Å². The van der Waals surface area contributed by atoms with Crippen LogP contribution < -0.4 is 0 Å². The van der Waals surface area contributed by atoms with Crippen molar-refractivity contribution in [2.45, 2.75) is 65.8 Å². The van der Waals surface area contributed by atoms with Gasteiger partial charge in [-0.15, -0.1) is 0 Å². The minimum absolute atomic E-state index is 0.241. The van der Waals surface area contributed by atoms with E-state index >= 15 is 0 Å². The zero-order chi connectivity index (χ0) is 13.8. The normalized spacial score (nSPS) is 29.3. The zero-order valence-electron chi connectivity index (χ0n) is 12.9. The molecule has 2 heteroatoms. The number of hydrogen-bond acceptors (Lipinski definition) is 2. The Kier molecular flexibility index (Phi) is 5.66. The fourth-order valence-electron chi connectivity index (χ4n) is 3.30. The molecule has 1 saturated carbocycles. The lowest BCUT2D eigenvalue weighted by molar-refractivity contribution is 0.0647. The van der Waals surface area contributed by atoms with Crippen molar-refractivity contribution in [2.24, 2.45) is 17.3 Å². The summed E-state index contributed by atoms with van der Waals surface area (Å²) in [5.41, 5.74) is 0.422. The van der Waals surface area contributed by atoms with Gasteiger partial charge in [0.25, 0.3) is 0 Å². The summed E-state index contributed by atoms with van der Waals surface area (Å²) in [7, 11) is 2.19. The van der Waals surface area contributed by atoms with Gasteiger partial charge >= 0.3 is 0 Å². The molecular formula is C16H30N2. The largest absolute Gasteiger partial charge is 0.302 e. The van der Waals surface area contributed by atoms with Crippen LogP contribution in [0.1, 0.15) is 59.8 Å². The third kappa shape index (κ3) is 3.48. The van der Waals surface area contributed by atoms with Crippen molar-refractivity contribution in [1.29, 1.82) is 5.26 Å². The molecular weight excluding hydrogens is 220 g/mol. The summed E-state index contributed by atoms with van der Waals surface area (Å²) in [6.45, 7) is 10.4. The Labute approximate surface area is 113 Å². The van der Waals surface area contributed by atoms with Gasteiger partial charge in [-0.05, 0) is 50.6 Å². The summed E-state index contributed by atoms with van der Waals surface area (Å²) in [6.07, 6.45) is 5.93. The lowest BCUT2D eigenvalue weighted by Gasteiger charge is -2.44. The first-order chi connectivity index (χ1) is 8.46. The molecule has 1 aliphatic rings. The number of nitriles is 1. The van der Waals surface area contributed by atoms with Crippen molar-refractivity contribution >= 4 is 0 Å². The van der Waals surface area contributed by atoms with Gasteiger partial charge < -0.3 is 4.90 Å². The monoisotopic (exact) mass is 250 g/mol. The van der Waals surface area contributed by atoms with Gasteiger partial charge in [-0.2, -0.15) is 5.26 Å². The predicted molar refractivity (Wildman–Crippen MR) is 77.2 cm³/mol. The SMILES string of the molecule is CCCN(C)C1CC(C(C)(C)CC)CCC1C#N. The molecule has 0 aliphatic heterocycles. The molecule has 1 aliphatic carbocycles. The molecule has 0 radical (unpaired) electrons. The van der Waals surface area contributed by atoms with Crippen LogP contribution in [0.5, 0.6) is 0 Å². The first-order valence-corrected chi connectivity index (χ1v) is 7.56. The Morgan fingerprint density at radius 2 is 1.94 bits per heavy atom. The Morgan fingerprint density at radius 1 is 1.28 bits per heavy atom. The van der Waals surface area contributed by atoms with Crippen molar-refractivity contribution in [1.82, 2.24) is 4.90 Å². The summed E-state index contributed by atoms with van der Waals surface area (Å²) in [4.78, 5) is 2.42. The molecule has 0 amide bonds. The van der Waals surface area contributed by atoms with Crippen LogP contribution in [0.2, 0.25) is 0 Å². The van der Waals surface area contributed by atoms with Gasteiger partial charge in [0.1, 0.15) is 0 Å². The maximum absolute atomic E-state index is 9.35. The Bertz CT molecular complexity index is 290. The van der Waals surface area contributed by atoms with E-state index in [4.69, 9.17) is 0 Å². The molecule has 1 rings (SSSR count). The van der Waals surface area contributed by atoms with E-state index in [0.29, 0.717) is 11.5 Å². The molecule has 0 saturated heterocycles. The van der Waals surface area contributed by atoms with Crippen molar-refractivity contribution in [3.05, 3.63) is 0 Å². The lowest BCUT2D eigenvalue weighted by Crippen LogP contribution is -2.44. The van der Waals surface area contributed by atoms with E-state index in [1.54, 1.807) is 0 Å². The summed E-state index contributed by atoms with van der Waals surface area (Å²) in [5.74, 6) is 1.02. The second-order valence-electron chi connectivity index (χ2n) is 6.64. The van der Waals surface area contributed by atoms with Crippen LogP contribution in [0.25, 0.3) is 0 Å². The highest BCUT2D eigenvalue weighted by molar-refractivity contribution is 4.99. The highest BCUT2D eigenvalue weighted by Gasteiger charge is 2.38. The van der Waals surface area contributed by atoms with E-state index in [1.165, 1.54) is 25.7 Å². The first-order valence-electron chi connectivity index (χ1n) is 7.56. The minimum atomic E-state index is 0.241. The van der Waals surface area contributed by atoms with Crippen LogP contribution in [0.15, 0.2) is 0 Å². The maximum atomic E-state index is 9.35. The van der Waals surface area contributed by atoms with Crippen LogP contribution in [0.3, 0.4) is 0 Å². The van der Waals surface area contributed by atoms with Gasteiger partial charge in [0.15, 0.2) is 0 Å². The fraction of sp³-hybridized carbons (Fsp3) is 0.938. The van der Waals surface area contributed by atoms with Gasteiger partial charge in [0, 0.05) is 6.04 Å². The molecule has 2 nitrogen and oxygen atoms in total. The predicted octanol–water partition coefficient (Wildman–Crippen LogP) is 4.07. The zero-order valence-corrected chi connectivity index (χ0v) is 12.9. The van der Waals surface area contributed by atoms with Crippen LogP contribution in [-0.4, -0.2) is 24.5 Å². The third-order valence-electron chi connectivity index (χ3n) is 5.14. The van der Waals surface area contributed by atoms with Crippen LogP contribution in [-0.2, 0) is 0 Å². The van der Waals surface area contributed by atoms with Gasteiger partial charge in [0.2, 0.25) is 0 Å². The third-order valence-corrected chi connectivity index (χ3v) is 5.14. The summed E-state index contributed by atoms with van der Waals surface area (Å²) in [5, 5.41) is 9.35. The van der Waals surface area contributed by atoms with E-state index in [1.807, 2.05) is 0 Å². The molecule has 0 heterocycles. The molecule has 1 fully saturated rings. The summed E-state index contributed by atoms with van der Waals surface area (Å²) in [6, 6.07) is 3.01. The van der Waals surface area contributed by atoms with Crippen molar-refractivity contribution in [3.63, 3.8) is 0 Å². The molecule has 104 valence electrons. The van der Waals surface area contributed by atoms with E-state index in [0.717, 1.165) is 18.9 Å². The van der Waals surface area contributed by atoms with E-state index in [2.05, 4.69) is 45.7 Å². The lowest BCUT2D eigenvalue weighted by atomic mass is 9.66. The van der Waals surface area contributed by atoms with Gasteiger partial charge in [-0.1, -0.05) is 34.1 Å². The van der Waals surface area contributed by atoms with Crippen molar-refractivity contribution < 1.29 is 0 Å². The van der Waals surface area contributed by atoms with Crippen LogP contribution >= 0.6 is 0 Å². The Balaban J connectivity index is 2.75. The molecule has 3 atom stereocenters. The van der Waals surface area contributed by atoms with Crippen molar-refractivity contribution in [3.8, 4) is 6.07 Å². The number of nitrogens with zero attached hydrogens (tertiary/aromatic N) is 2. The highest BCUT2D eigenvalue weighted by atomic mass is 15.1. The van der Waals surface area contributed by atoms with Crippen molar-refractivity contribution in [2.75, 3.05) is 13.6 Å². The highest BCUT2D eigenvalue weighted by Crippen LogP contribution is 2.43. The second kappa shape index (κ2) is 6.57. The quantitative estimate of drug-likeness (QED) is 0.735. The number of rotatable bonds is 5.